The highest BCUT2D eigenvalue weighted by molar-refractivity contribution is 5.00. The predicted octanol–water partition coefficient (Wildman–Crippen LogP) is 2.09. The summed E-state index contributed by atoms with van der Waals surface area (Å²) < 4.78 is 0. The van der Waals surface area contributed by atoms with Crippen molar-refractivity contribution >= 4 is 0 Å². The van der Waals surface area contributed by atoms with Gasteiger partial charge < -0.3 is 5.73 Å². The maximum absolute atomic E-state index is 5.96. The van der Waals surface area contributed by atoms with Crippen LogP contribution in [0.5, 0.6) is 0 Å². The molecule has 1 fully saturated rings. The first kappa shape index (κ1) is 12.0. The highest BCUT2D eigenvalue weighted by atomic mass is 15.2. The van der Waals surface area contributed by atoms with E-state index < -0.39 is 0 Å². The first-order valence-electron chi connectivity index (χ1n) is 5.99. The van der Waals surface area contributed by atoms with E-state index in [4.69, 9.17) is 5.73 Å². The summed E-state index contributed by atoms with van der Waals surface area (Å²) in [5.74, 6) is 1.59. The van der Waals surface area contributed by atoms with Crippen LogP contribution in [0.4, 0.5) is 0 Å². The van der Waals surface area contributed by atoms with Crippen molar-refractivity contribution in [3.8, 4) is 0 Å². The topological polar surface area (TPSA) is 29.3 Å². The van der Waals surface area contributed by atoms with E-state index >= 15 is 0 Å². The number of likely N-dealkylation sites (N-methyl/N-ethyl adjacent to an activating group) is 1. The third kappa shape index (κ3) is 2.48. The molecule has 0 spiro atoms. The van der Waals surface area contributed by atoms with Crippen LogP contribution in [0.25, 0.3) is 0 Å². The van der Waals surface area contributed by atoms with Gasteiger partial charge in [-0.1, -0.05) is 20.8 Å². The highest BCUT2D eigenvalue weighted by Gasteiger charge is 2.44. The highest BCUT2D eigenvalue weighted by Crippen LogP contribution is 2.42. The van der Waals surface area contributed by atoms with Gasteiger partial charge in [0.15, 0.2) is 0 Å². The van der Waals surface area contributed by atoms with Crippen LogP contribution in [0.2, 0.25) is 0 Å². The molecule has 2 N–H and O–H groups in total. The van der Waals surface area contributed by atoms with Crippen molar-refractivity contribution in [1.82, 2.24) is 4.90 Å². The van der Waals surface area contributed by atoms with E-state index in [1.807, 2.05) is 0 Å². The Kier molecular flexibility index (Phi) is 3.96. The zero-order valence-electron chi connectivity index (χ0n) is 10.2. The summed E-state index contributed by atoms with van der Waals surface area (Å²) in [6.45, 7) is 12.3. The van der Waals surface area contributed by atoms with E-state index in [2.05, 4.69) is 32.6 Å². The van der Waals surface area contributed by atoms with E-state index in [1.54, 1.807) is 0 Å². The standard InChI is InChI=1S/C12H26N2/c1-5-14(8-10(2)3)12(4,9-13)11-6-7-11/h10-11H,5-9,13H2,1-4H3. The lowest BCUT2D eigenvalue weighted by atomic mass is 9.92. The Hall–Kier alpha value is -0.0800. The summed E-state index contributed by atoms with van der Waals surface area (Å²) in [5.41, 5.74) is 6.22. The first-order valence-corrected chi connectivity index (χ1v) is 5.99. The van der Waals surface area contributed by atoms with Crippen LogP contribution < -0.4 is 5.73 Å². The van der Waals surface area contributed by atoms with Crippen molar-refractivity contribution in [2.45, 2.75) is 46.1 Å². The zero-order chi connectivity index (χ0) is 10.8. The SMILES string of the molecule is CCN(CC(C)C)C(C)(CN)C1CC1. The lowest BCUT2D eigenvalue weighted by Gasteiger charge is -2.41. The molecule has 1 saturated carbocycles. The van der Waals surface area contributed by atoms with Crippen LogP contribution in [-0.4, -0.2) is 30.1 Å². The number of hydrogen-bond acceptors (Lipinski definition) is 2. The smallest absolute Gasteiger partial charge is 0.0331 e. The van der Waals surface area contributed by atoms with Crippen LogP contribution in [0.3, 0.4) is 0 Å². The maximum Gasteiger partial charge on any atom is 0.0331 e. The molecule has 1 rings (SSSR count). The van der Waals surface area contributed by atoms with E-state index in [-0.39, 0.29) is 5.54 Å². The van der Waals surface area contributed by atoms with Crippen LogP contribution in [0.1, 0.15) is 40.5 Å². The van der Waals surface area contributed by atoms with Crippen LogP contribution in [-0.2, 0) is 0 Å². The Labute approximate surface area is 88.8 Å². The molecule has 0 amide bonds. The Morgan fingerprint density at radius 2 is 2.00 bits per heavy atom. The van der Waals surface area contributed by atoms with Crippen LogP contribution >= 0.6 is 0 Å². The van der Waals surface area contributed by atoms with Gasteiger partial charge in [-0.05, 0) is 38.1 Å². The summed E-state index contributed by atoms with van der Waals surface area (Å²) >= 11 is 0. The second-order valence-electron chi connectivity index (χ2n) is 5.27. The zero-order valence-corrected chi connectivity index (χ0v) is 10.2. The molecule has 1 aliphatic rings. The number of hydrogen-bond donors (Lipinski definition) is 1. The van der Waals surface area contributed by atoms with Gasteiger partial charge in [0.2, 0.25) is 0 Å². The van der Waals surface area contributed by atoms with Gasteiger partial charge in [0.1, 0.15) is 0 Å². The lowest BCUT2D eigenvalue weighted by molar-refractivity contribution is 0.0821. The van der Waals surface area contributed by atoms with Gasteiger partial charge in [0.25, 0.3) is 0 Å². The molecule has 2 nitrogen and oxygen atoms in total. The predicted molar refractivity (Wildman–Crippen MR) is 62.3 cm³/mol. The third-order valence-corrected chi connectivity index (χ3v) is 3.56. The minimum atomic E-state index is 0.263. The van der Waals surface area contributed by atoms with E-state index in [0.717, 1.165) is 24.9 Å². The van der Waals surface area contributed by atoms with Crippen molar-refractivity contribution in [3.63, 3.8) is 0 Å². The van der Waals surface area contributed by atoms with Crippen LogP contribution in [0.15, 0.2) is 0 Å². The molecule has 0 saturated heterocycles. The van der Waals surface area contributed by atoms with E-state index in [1.165, 1.54) is 19.4 Å². The van der Waals surface area contributed by atoms with Gasteiger partial charge >= 0.3 is 0 Å². The molecule has 0 aromatic carbocycles. The summed E-state index contributed by atoms with van der Waals surface area (Å²) in [7, 11) is 0. The lowest BCUT2D eigenvalue weighted by Crippen LogP contribution is -2.54. The van der Waals surface area contributed by atoms with Gasteiger partial charge in [-0.25, -0.2) is 0 Å². The summed E-state index contributed by atoms with van der Waals surface area (Å²) in [6.07, 6.45) is 2.75. The largest absolute Gasteiger partial charge is 0.329 e. The Balaban J connectivity index is 2.63. The fourth-order valence-electron chi connectivity index (χ4n) is 2.40. The maximum atomic E-state index is 5.96. The quantitative estimate of drug-likeness (QED) is 0.708. The first-order chi connectivity index (χ1) is 6.54. The molecule has 14 heavy (non-hydrogen) atoms. The average Bonchev–Trinajstić information content (AvgIpc) is 2.95. The molecule has 0 heterocycles. The normalized spacial score (nSPS) is 21.6. The van der Waals surface area contributed by atoms with Gasteiger partial charge in [-0.15, -0.1) is 0 Å². The van der Waals surface area contributed by atoms with Gasteiger partial charge in [-0.2, -0.15) is 0 Å². The monoisotopic (exact) mass is 198 g/mol. The molecule has 1 aliphatic carbocycles. The fraction of sp³-hybridized carbons (Fsp3) is 1.00. The summed E-state index contributed by atoms with van der Waals surface area (Å²) in [4.78, 5) is 2.58. The minimum Gasteiger partial charge on any atom is -0.329 e. The molecule has 1 unspecified atom stereocenters. The molecule has 0 aromatic heterocycles. The molecular weight excluding hydrogens is 172 g/mol. The van der Waals surface area contributed by atoms with Crippen molar-refractivity contribution in [2.24, 2.45) is 17.6 Å². The number of nitrogens with zero attached hydrogens (tertiary/aromatic N) is 1. The van der Waals surface area contributed by atoms with Crippen LogP contribution in [0, 0.1) is 11.8 Å². The van der Waals surface area contributed by atoms with Gasteiger partial charge in [-0.3, -0.25) is 4.90 Å². The molecule has 2 heteroatoms. The Morgan fingerprint density at radius 1 is 1.43 bits per heavy atom. The minimum absolute atomic E-state index is 0.263. The third-order valence-electron chi connectivity index (χ3n) is 3.56. The number of nitrogens with two attached hydrogens (primary N) is 1. The molecule has 0 aliphatic heterocycles. The Bertz CT molecular complexity index is 175. The van der Waals surface area contributed by atoms with Crippen molar-refractivity contribution in [1.29, 1.82) is 0 Å². The molecule has 0 radical (unpaired) electrons. The Morgan fingerprint density at radius 3 is 2.29 bits per heavy atom. The fourth-order valence-corrected chi connectivity index (χ4v) is 2.40. The summed E-state index contributed by atoms with van der Waals surface area (Å²) in [5, 5.41) is 0. The van der Waals surface area contributed by atoms with Gasteiger partial charge in [0, 0.05) is 18.6 Å². The second-order valence-corrected chi connectivity index (χ2v) is 5.27. The molecule has 0 aromatic rings. The molecule has 0 bridgehead atoms. The molecule has 84 valence electrons. The second kappa shape index (κ2) is 4.63. The molecular formula is C12H26N2. The van der Waals surface area contributed by atoms with Crippen molar-refractivity contribution in [2.75, 3.05) is 19.6 Å². The van der Waals surface area contributed by atoms with Crippen molar-refractivity contribution < 1.29 is 0 Å². The summed E-state index contributed by atoms with van der Waals surface area (Å²) in [6, 6.07) is 0. The van der Waals surface area contributed by atoms with Gasteiger partial charge in [0.05, 0.1) is 0 Å². The average molecular weight is 198 g/mol. The van der Waals surface area contributed by atoms with E-state index in [9.17, 15) is 0 Å². The van der Waals surface area contributed by atoms with Crippen molar-refractivity contribution in [3.05, 3.63) is 0 Å². The molecule has 1 atom stereocenters. The number of rotatable bonds is 6. The van der Waals surface area contributed by atoms with E-state index in [0.29, 0.717) is 0 Å².